The predicted molar refractivity (Wildman–Crippen MR) is 109 cm³/mol. The molecule has 1 amide bonds. The Labute approximate surface area is 166 Å². The minimum atomic E-state index is -0.444. The number of hydrogen-bond acceptors (Lipinski definition) is 4. The average Bonchev–Trinajstić information content (AvgIpc) is 3.39. The molecule has 0 aliphatic heterocycles. The molecule has 29 heavy (non-hydrogen) atoms. The van der Waals surface area contributed by atoms with Gasteiger partial charge in [-0.2, -0.15) is 5.10 Å². The summed E-state index contributed by atoms with van der Waals surface area (Å²) in [5.41, 5.74) is 3.57. The number of nitrogens with one attached hydrogen (secondary N) is 3. The molecule has 0 aliphatic carbocycles. The first-order valence-corrected chi connectivity index (χ1v) is 9.24. The zero-order valence-electron chi connectivity index (χ0n) is 15.7. The first kappa shape index (κ1) is 18.4. The van der Waals surface area contributed by atoms with E-state index in [4.69, 9.17) is 0 Å². The Kier molecular flexibility index (Phi) is 4.82. The Hall–Kier alpha value is -3.94. The highest BCUT2D eigenvalue weighted by Crippen LogP contribution is 2.28. The van der Waals surface area contributed by atoms with E-state index in [-0.39, 0.29) is 17.6 Å². The van der Waals surface area contributed by atoms with Gasteiger partial charge in [-0.1, -0.05) is 37.3 Å². The third-order valence-electron chi connectivity index (χ3n) is 4.88. The second-order valence-corrected chi connectivity index (χ2v) is 6.70. The lowest BCUT2D eigenvalue weighted by Gasteiger charge is -2.16. The van der Waals surface area contributed by atoms with Crippen LogP contribution in [0.2, 0.25) is 0 Å². The number of rotatable bonds is 6. The molecule has 2 aromatic carbocycles. The maximum Gasteiger partial charge on any atom is 0.269 e. The van der Waals surface area contributed by atoms with Gasteiger partial charge in [-0.05, 0) is 24.1 Å². The van der Waals surface area contributed by atoms with Gasteiger partial charge in [0.2, 0.25) is 0 Å². The van der Waals surface area contributed by atoms with Crippen molar-refractivity contribution in [1.82, 2.24) is 20.5 Å². The van der Waals surface area contributed by atoms with Crippen molar-refractivity contribution in [2.75, 3.05) is 0 Å². The summed E-state index contributed by atoms with van der Waals surface area (Å²) in [6, 6.07) is 15.5. The molecule has 0 bridgehead atoms. The van der Waals surface area contributed by atoms with Crippen LogP contribution in [-0.4, -0.2) is 26.0 Å². The highest BCUT2D eigenvalue weighted by molar-refractivity contribution is 5.97. The molecule has 2 heterocycles. The molecular weight excluding hydrogens is 370 g/mol. The van der Waals surface area contributed by atoms with Gasteiger partial charge in [0.05, 0.1) is 16.7 Å². The van der Waals surface area contributed by atoms with Crippen molar-refractivity contribution in [3.05, 3.63) is 82.2 Å². The molecule has 0 saturated heterocycles. The van der Waals surface area contributed by atoms with E-state index in [2.05, 4.69) is 20.5 Å². The van der Waals surface area contributed by atoms with Crippen LogP contribution in [0.4, 0.5) is 5.69 Å². The molecule has 0 radical (unpaired) electrons. The lowest BCUT2D eigenvalue weighted by atomic mass is 10.0. The maximum atomic E-state index is 12.7. The van der Waals surface area contributed by atoms with E-state index in [0.29, 0.717) is 23.4 Å². The molecule has 146 valence electrons. The molecule has 4 aromatic rings. The maximum absolute atomic E-state index is 12.7. The quantitative estimate of drug-likeness (QED) is 0.336. The standard InChI is InChI=1S/C21H19N5O3/c1-2-17(13-6-5-7-14(10-13)26(28)29)23-21(27)20-11-19(24-25-20)16-12-22-18-9-4-3-8-15(16)18/h3-12,17,22H,2H2,1H3,(H,23,27)(H,24,25)/t17-/m0/s1. The fraction of sp³-hybridized carbons (Fsp3) is 0.143. The van der Waals surface area contributed by atoms with Gasteiger partial charge >= 0.3 is 0 Å². The summed E-state index contributed by atoms with van der Waals surface area (Å²) >= 11 is 0. The lowest BCUT2D eigenvalue weighted by Crippen LogP contribution is -2.28. The van der Waals surface area contributed by atoms with Crippen molar-refractivity contribution >= 4 is 22.5 Å². The number of fused-ring (bicyclic) bond motifs is 1. The fourth-order valence-corrected chi connectivity index (χ4v) is 3.37. The number of H-pyrrole nitrogens is 2. The number of hydrogen-bond donors (Lipinski definition) is 3. The van der Waals surface area contributed by atoms with Gasteiger partial charge in [0.1, 0.15) is 5.69 Å². The molecule has 0 fully saturated rings. The van der Waals surface area contributed by atoms with Crippen LogP contribution in [0, 0.1) is 10.1 Å². The summed E-state index contributed by atoms with van der Waals surface area (Å²) in [7, 11) is 0. The first-order chi connectivity index (χ1) is 14.1. The van der Waals surface area contributed by atoms with Gasteiger partial charge in [0.15, 0.2) is 0 Å². The number of carbonyl (C=O) groups excluding carboxylic acids is 1. The third kappa shape index (κ3) is 3.60. The van der Waals surface area contributed by atoms with Gasteiger partial charge < -0.3 is 10.3 Å². The Morgan fingerprint density at radius 2 is 2.03 bits per heavy atom. The first-order valence-electron chi connectivity index (χ1n) is 9.24. The zero-order chi connectivity index (χ0) is 20.4. The number of nitrogens with zero attached hydrogens (tertiary/aromatic N) is 2. The molecule has 0 aliphatic rings. The number of aromatic nitrogens is 3. The highest BCUT2D eigenvalue weighted by atomic mass is 16.6. The molecule has 8 heteroatoms. The minimum Gasteiger partial charge on any atom is -0.360 e. The van der Waals surface area contributed by atoms with Gasteiger partial charge in [-0.25, -0.2) is 0 Å². The van der Waals surface area contributed by atoms with E-state index in [1.807, 2.05) is 37.4 Å². The van der Waals surface area contributed by atoms with Crippen LogP contribution in [-0.2, 0) is 0 Å². The van der Waals surface area contributed by atoms with Crippen LogP contribution in [0.15, 0.2) is 60.8 Å². The van der Waals surface area contributed by atoms with E-state index in [1.54, 1.807) is 18.2 Å². The summed E-state index contributed by atoms with van der Waals surface area (Å²) in [5.74, 6) is -0.318. The normalized spacial score (nSPS) is 12.0. The van der Waals surface area contributed by atoms with E-state index >= 15 is 0 Å². The second-order valence-electron chi connectivity index (χ2n) is 6.70. The van der Waals surface area contributed by atoms with Gasteiger partial charge in [-0.3, -0.25) is 20.0 Å². The van der Waals surface area contributed by atoms with E-state index < -0.39 is 4.92 Å². The Morgan fingerprint density at radius 1 is 1.21 bits per heavy atom. The lowest BCUT2D eigenvalue weighted by molar-refractivity contribution is -0.384. The number of benzene rings is 2. The Balaban J connectivity index is 1.56. The summed E-state index contributed by atoms with van der Waals surface area (Å²) in [6.07, 6.45) is 2.46. The SMILES string of the molecule is CC[C@H](NC(=O)c1cc(-c2c[nH]c3ccccc23)n[nH]1)c1cccc([N+](=O)[O-])c1. The Bertz CT molecular complexity index is 1190. The molecule has 1 atom stereocenters. The molecule has 4 rings (SSSR count). The van der Waals surface area contributed by atoms with E-state index in [1.165, 1.54) is 12.1 Å². The van der Waals surface area contributed by atoms with E-state index in [0.717, 1.165) is 16.5 Å². The van der Waals surface area contributed by atoms with Crippen molar-refractivity contribution in [2.45, 2.75) is 19.4 Å². The van der Waals surface area contributed by atoms with Crippen molar-refractivity contribution in [3.63, 3.8) is 0 Å². The van der Waals surface area contributed by atoms with Crippen LogP contribution in [0.5, 0.6) is 0 Å². The Morgan fingerprint density at radius 3 is 2.83 bits per heavy atom. The van der Waals surface area contributed by atoms with Crippen molar-refractivity contribution in [2.24, 2.45) is 0 Å². The van der Waals surface area contributed by atoms with Crippen LogP contribution in [0.3, 0.4) is 0 Å². The van der Waals surface area contributed by atoms with Crippen molar-refractivity contribution in [3.8, 4) is 11.3 Å². The summed E-state index contributed by atoms with van der Waals surface area (Å²) in [6.45, 7) is 1.91. The number of carbonyl (C=O) groups is 1. The molecule has 0 saturated carbocycles. The van der Waals surface area contributed by atoms with Gasteiger partial charge in [-0.15, -0.1) is 0 Å². The van der Waals surface area contributed by atoms with Crippen LogP contribution in [0.25, 0.3) is 22.2 Å². The number of amides is 1. The zero-order valence-corrected chi connectivity index (χ0v) is 15.7. The smallest absolute Gasteiger partial charge is 0.269 e. The monoisotopic (exact) mass is 389 g/mol. The molecule has 2 aromatic heterocycles. The summed E-state index contributed by atoms with van der Waals surface area (Å²) in [5, 5.41) is 22.0. The predicted octanol–water partition coefficient (Wildman–Crippen LogP) is 4.35. The van der Waals surface area contributed by atoms with Crippen LogP contribution in [0.1, 0.15) is 35.4 Å². The largest absolute Gasteiger partial charge is 0.360 e. The fourth-order valence-electron chi connectivity index (χ4n) is 3.37. The number of non-ortho nitro benzene ring substituents is 1. The molecule has 0 unspecified atom stereocenters. The van der Waals surface area contributed by atoms with Crippen molar-refractivity contribution in [1.29, 1.82) is 0 Å². The molecular formula is C21H19N5O3. The van der Waals surface area contributed by atoms with Crippen LogP contribution >= 0.6 is 0 Å². The molecule has 8 nitrogen and oxygen atoms in total. The van der Waals surface area contributed by atoms with Gasteiger partial charge in [0.25, 0.3) is 11.6 Å². The number of nitro groups is 1. The second kappa shape index (κ2) is 7.59. The number of nitro benzene ring substituents is 1. The van der Waals surface area contributed by atoms with Crippen LogP contribution < -0.4 is 5.32 Å². The minimum absolute atomic E-state index is 0.00152. The summed E-state index contributed by atoms with van der Waals surface area (Å²) in [4.78, 5) is 26.5. The molecule has 0 spiro atoms. The third-order valence-corrected chi connectivity index (χ3v) is 4.88. The average molecular weight is 389 g/mol. The number of para-hydroxylation sites is 1. The molecule has 3 N–H and O–H groups in total. The topological polar surface area (TPSA) is 117 Å². The van der Waals surface area contributed by atoms with E-state index in [9.17, 15) is 14.9 Å². The number of aromatic amines is 2. The van der Waals surface area contributed by atoms with Crippen molar-refractivity contribution < 1.29 is 9.72 Å². The van der Waals surface area contributed by atoms with Gasteiger partial charge in [0, 0.05) is 34.8 Å². The highest BCUT2D eigenvalue weighted by Gasteiger charge is 2.19. The summed E-state index contributed by atoms with van der Waals surface area (Å²) < 4.78 is 0.